The van der Waals surface area contributed by atoms with Crippen LogP contribution in [0.25, 0.3) is 0 Å². The van der Waals surface area contributed by atoms with Crippen molar-refractivity contribution in [2.24, 2.45) is 0 Å². The van der Waals surface area contributed by atoms with E-state index < -0.39 is 0 Å². The van der Waals surface area contributed by atoms with Gasteiger partial charge in [0.2, 0.25) is 5.91 Å². The number of carbonyl (C=O) groups is 1. The standard InChI is InChI=1S/C11H20BrNO2/c12-9-11(14)13-7-4-8-15-10-5-2-1-3-6-10/h10H,1-9H2,(H,13,14). The monoisotopic (exact) mass is 277 g/mol. The molecule has 0 heterocycles. The molecule has 1 aliphatic rings. The quantitative estimate of drug-likeness (QED) is 0.597. The molecule has 0 aromatic carbocycles. The smallest absolute Gasteiger partial charge is 0.230 e. The highest BCUT2D eigenvalue weighted by molar-refractivity contribution is 9.09. The highest BCUT2D eigenvalue weighted by Gasteiger charge is 2.12. The predicted molar refractivity (Wildman–Crippen MR) is 64.2 cm³/mol. The molecule has 1 aliphatic carbocycles. The number of ether oxygens (including phenoxy) is 1. The number of hydrogen-bond donors (Lipinski definition) is 1. The molecular formula is C11H20BrNO2. The molecule has 1 saturated carbocycles. The molecule has 0 aromatic heterocycles. The van der Waals surface area contributed by atoms with E-state index in [4.69, 9.17) is 4.74 Å². The van der Waals surface area contributed by atoms with Gasteiger partial charge in [-0.1, -0.05) is 35.2 Å². The lowest BCUT2D eigenvalue weighted by molar-refractivity contribution is -0.118. The van der Waals surface area contributed by atoms with Gasteiger partial charge >= 0.3 is 0 Å². The molecule has 88 valence electrons. The van der Waals surface area contributed by atoms with Crippen LogP contribution < -0.4 is 5.32 Å². The molecule has 4 heteroatoms. The summed E-state index contributed by atoms with van der Waals surface area (Å²) >= 11 is 3.10. The molecule has 0 bridgehead atoms. The third kappa shape index (κ3) is 6.15. The fourth-order valence-electron chi connectivity index (χ4n) is 1.83. The Morgan fingerprint density at radius 2 is 2.07 bits per heavy atom. The number of carbonyl (C=O) groups excluding carboxylic acids is 1. The van der Waals surface area contributed by atoms with Crippen LogP contribution in [0, 0.1) is 0 Å². The lowest BCUT2D eigenvalue weighted by Gasteiger charge is -2.21. The number of rotatable bonds is 6. The summed E-state index contributed by atoms with van der Waals surface area (Å²) in [5.41, 5.74) is 0. The lowest BCUT2D eigenvalue weighted by Crippen LogP contribution is -2.26. The molecule has 0 aliphatic heterocycles. The topological polar surface area (TPSA) is 38.3 Å². The molecular weight excluding hydrogens is 258 g/mol. The van der Waals surface area contributed by atoms with Crippen molar-refractivity contribution in [3.63, 3.8) is 0 Å². The van der Waals surface area contributed by atoms with Crippen molar-refractivity contribution < 1.29 is 9.53 Å². The Hall–Kier alpha value is -0.0900. The van der Waals surface area contributed by atoms with Crippen molar-refractivity contribution in [3.05, 3.63) is 0 Å². The minimum atomic E-state index is 0.0488. The van der Waals surface area contributed by atoms with Crippen molar-refractivity contribution >= 4 is 21.8 Å². The summed E-state index contributed by atoms with van der Waals surface area (Å²) in [4.78, 5) is 10.9. The average Bonchev–Trinajstić information content (AvgIpc) is 2.29. The van der Waals surface area contributed by atoms with Crippen LogP contribution in [0.5, 0.6) is 0 Å². The molecule has 0 atom stereocenters. The third-order valence-corrected chi connectivity index (χ3v) is 3.18. The first-order valence-corrected chi connectivity index (χ1v) is 6.89. The van der Waals surface area contributed by atoms with Gasteiger partial charge in [-0.3, -0.25) is 4.79 Å². The van der Waals surface area contributed by atoms with E-state index in [1.54, 1.807) is 0 Å². The molecule has 1 rings (SSSR count). The summed E-state index contributed by atoms with van der Waals surface area (Å²) in [6, 6.07) is 0. The summed E-state index contributed by atoms with van der Waals surface area (Å²) < 4.78 is 5.74. The highest BCUT2D eigenvalue weighted by Crippen LogP contribution is 2.20. The molecule has 0 aromatic rings. The Balaban J connectivity index is 1.89. The SMILES string of the molecule is O=C(CBr)NCCCOC1CCCCC1. The number of halogens is 1. The van der Waals surface area contributed by atoms with Crippen molar-refractivity contribution in [2.75, 3.05) is 18.5 Å². The molecule has 0 saturated heterocycles. The Morgan fingerprint density at radius 1 is 1.33 bits per heavy atom. The number of amides is 1. The fourth-order valence-corrected chi connectivity index (χ4v) is 2.03. The molecule has 1 amide bonds. The van der Waals surface area contributed by atoms with E-state index in [1.807, 2.05) is 0 Å². The van der Waals surface area contributed by atoms with Crippen LogP contribution in [0.2, 0.25) is 0 Å². The van der Waals surface area contributed by atoms with Crippen LogP contribution >= 0.6 is 15.9 Å². The highest BCUT2D eigenvalue weighted by atomic mass is 79.9. The van der Waals surface area contributed by atoms with Crippen molar-refractivity contribution in [1.29, 1.82) is 0 Å². The van der Waals surface area contributed by atoms with Crippen LogP contribution in [0.3, 0.4) is 0 Å². The Bertz CT molecular complexity index is 181. The van der Waals surface area contributed by atoms with Gasteiger partial charge in [-0.15, -0.1) is 0 Å². The van der Waals surface area contributed by atoms with Crippen molar-refractivity contribution in [2.45, 2.75) is 44.6 Å². The van der Waals surface area contributed by atoms with Gasteiger partial charge in [0, 0.05) is 13.2 Å². The summed E-state index contributed by atoms with van der Waals surface area (Å²) in [5, 5.41) is 3.19. The maximum Gasteiger partial charge on any atom is 0.230 e. The fraction of sp³-hybridized carbons (Fsp3) is 0.909. The van der Waals surface area contributed by atoms with Crippen LogP contribution in [-0.4, -0.2) is 30.5 Å². The van der Waals surface area contributed by atoms with E-state index in [0.717, 1.165) is 19.6 Å². The second-order valence-corrected chi connectivity index (χ2v) is 4.53. The van der Waals surface area contributed by atoms with Gasteiger partial charge in [-0.2, -0.15) is 0 Å². The minimum absolute atomic E-state index is 0.0488. The summed E-state index contributed by atoms with van der Waals surface area (Å²) in [6.07, 6.45) is 7.80. The zero-order valence-corrected chi connectivity index (χ0v) is 10.7. The second-order valence-electron chi connectivity index (χ2n) is 3.97. The van der Waals surface area contributed by atoms with Gasteiger partial charge < -0.3 is 10.1 Å². The normalized spacial score (nSPS) is 17.7. The Kier molecular flexibility index (Phi) is 7.01. The number of alkyl halides is 1. The Morgan fingerprint density at radius 3 is 2.73 bits per heavy atom. The predicted octanol–water partition coefficient (Wildman–Crippen LogP) is 2.24. The first-order valence-electron chi connectivity index (χ1n) is 5.77. The first-order chi connectivity index (χ1) is 7.33. The molecule has 3 nitrogen and oxygen atoms in total. The molecule has 1 fully saturated rings. The van der Waals surface area contributed by atoms with Gasteiger partial charge in [-0.05, 0) is 19.3 Å². The van der Waals surface area contributed by atoms with E-state index in [0.29, 0.717) is 11.4 Å². The maximum absolute atomic E-state index is 10.9. The van der Waals surface area contributed by atoms with Crippen LogP contribution in [0.4, 0.5) is 0 Å². The zero-order chi connectivity index (χ0) is 10.9. The summed E-state index contributed by atoms with van der Waals surface area (Å²) in [7, 11) is 0. The first kappa shape index (κ1) is 13.0. The molecule has 15 heavy (non-hydrogen) atoms. The van der Waals surface area contributed by atoms with Crippen LogP contribution in [0.15, 0.2) is 0 Å². The zero-order valence-electron chi connectivity index (χ0n) is 9.14. The summed E-state index contributed by atoms with van der Waals surface area (Å²) in [6.45, 7) is 1.49. The van der Waals surface area contributed by atoms with Gasteiger partial charge in [0.15, 0.2) is 0 Å². The Labute approximate surface area is 100 Å². The van der Waals surface area contributed by atoms with Gasteiger partial charge in [0.1, 0.15) is 0 Å². The molecule has 0 spiro atoms. The van der Waals surface area contributed by atoms with Gasteiger partial charge in [-0.25, -0.2) is 0 Å². The van der Waals surface area contributed by atoms with E-state index in [2.05, 4.69) is 21.2 Å². The molecule has 0 unspecified atom stereocenters. The van der Waals surface area contributed by atoms with E-state index in [9.17, 15) is 4.79 Å². The largest absolute Gasteiger partial charge is 0.378 e. The average molecular weight is 278 g/mol. The van der Waals surface area contributed by atoms with Crippen molar-refractivity contribution in [3.8, 4) is 0 Å². The van der Waals surface area contributed by atoms with Crippen LogP contribution in [0.1, 0.15) is 38.5 Å². The van der Waals surface area contributed by atoms with Gasteiger partial charge in [0.25, 0.3) is 0 Å². The summed E-state index contributed by atoms with van der Waals surface area (Å²) in [5.74, 6) is 0.0488. The third-order valence-electron chi connectivity index (χ3n) is 2.67. The van der Waals surface area contributed by atoms with E-state index >= 15 is 0 Å². The maximum atomic E-state index is 10.9. The molecule has 1 N–H and O–H groups in total. The van der Waals surface area contributed by atoms with Gasteiger partial charge in [0.05, 0.1) is 11.4 Å². The number of hydrogen-bond acceptors (Lipinski definition) is 2. The van der Waals surface area contributed by atoms with Crippen LogP contribution in [-0.2, 0) is 9.53 Å². The van der Waals surface area contributed by atoms with E-state index in [-0.39, 0.29) is 5.91 Å². The van der Waals surface area contributed by atoms with E-state index in [1.165, 1.54) is 32.1 Å². The minimum Gasteiger partial charge on any atom is -0.378 e. The lowest BCUT2D eigenvalue weighted by atomic mass is 9.98. The molecule has 0 radical (unpaired) electrons. The second kappa shape index (κ2) is 8.11. The van der Waals surface area contributed by atoms with Crippen molar-refractivity contribution in [1.82, 2.24) is 5.32 Å². The number of nitrogens with one attached hydrogen (secondary N) is 1.